The molecule has 0 aliphatic heterocycles. The van der Waals surface area contributed by atoms with E-state index in [0.29, 0.717) is 17.3 Å². The van der Waals surface area contributed by atoms with Gasteiger partial charge in [0.2, 0.25) is 5.91 Å². The molecule has 0 spiro atoms. The second-order valence-corrected chi connectivity index (χ2v) is 5.51. The summed E-state index contributed by atoms with van der Waals surface area (Å²) >= 11 is 0. The van der Waals surface area contributed by atoms with Gasteiger partial charge in [-0.3, -0.25) is 9.59 Å². The van der Waals surface area contributed by atoms with Gasteiger partial charge in [-0.05, 0) is 25.0 Å². The molecule has 6 heteroatoms. The molecule has 0 radical (unpaired) electrons. The molecule has 0 heterocycles. The SMILES string of the molecule is CN(C(=O)c1ccccc1NC(=O)CN)C1CCCCC1.Cl. The van der Waals surface area contributed by atoms with Crippen molar-refractivity contribution in [1.82, 2.24) is 4.90 Å². The molecule has 5 nitrogen and oxygen atoms in total. The van der Waals surface area contributed by atoms with E-state index in [1.807, 2.05) is 11.9 Å². The van der Waals surface area contributed by atoms with Gasteiger partial charge in [0.15, 0.2) is 0 Å². The van der Waals surface area contributed by atoms with Gasteiger partial charge in [-0.2, -0.15) is 0 Å². The Hall–Kier alpha value is -1.59. The number of nitrogens with zero attached hydrogens (tertiary/aromatic N) is 1. The molecule has 2 rings (SSSR count). The van der Waals surface area contributed by atoms with Crippen LogP contribution in [0.25, 0.3) is 0 Å². The van der Waals surface area contributed by atoms with Gasteiger partial charge < -0.3 is 16.0 Å². The van der Waals surface area contributed by atoms with Crippen LogP contribution in [0.3, 0.4) is 0 Å². The number of rotatable bonds is 4. The zero-order valence-electron chi connectivity index (χ0n) is 12.9. The number of amides is 2. The lowest BCUT2D eigenvalue weighted by Gasteiger charge is -2.31. The van der Waals surface area contributed by atoms with Crippen LogP contribution in [0.2, 0.25) is 0 Å². The highest BCUT2D eigenvalue weighted by atomic mass is 35.5. The van der Waals surface area contributed by atoms with E-state index in [-0.39, 0.29) is 30.8 Å². The Morgan fingerprint density at radius 2 is 1.86 bits per heavy atom. The van der Waals surface area contributed by atoms with Gasteiger partial charge in [0.1, 0.15) is 0 Å². The van der Waals surface area contributed by atoms with Crippen molar-refractivity contribution in [3.8, 4) is 0 Å². The molecule has 2 amide bonds. The summed E-state index contributed by atoms with van der Waals surface area (Å²) < 4.78 is 0. The fourth-order valence-corrected chi connectivity index (χ4v) is 2.80. The first-order chi connectivity index (χ1) is 10.1. The molecule has 0 atom stereocenters. The first-order valence-electron chi connectivity index (χ1n) is 7.49. The number of para-hydroxylation sites is 1. The van der Waals surface area contributed by atoms with Crippen molar-refractivity contribution in [3.63, 3.8) is 0 Å². The number of hydrogen-bond acceptors (Lipinski definition) is 3. The summed E-state index contributed by atoms with van der Waals surface area (Å²) in [6.07, 6.45) is 5.71. The Balaban J connectivity index is 0.00000242. The largest absolute Gasteiger partial charge is 0.339 e. The van der Waals surface area contributed by atoms with Gasteiger partial charge in [-0.1, -0.05) is 31.4 Å². The van der Waals surface area contributed by atoms with Gasteiger partial charge in [-0.25, -0.2) is 0 Å². The third-order valence-electron chi connectivity index (χ3n) is 4.06. The summed E-state index contributed by atoms with van der Waals surface area (Å²) in [5.74, 6) is -0.342. The quantitative estimate of drug-likeness (QED) is 0.892. The van der Waals surface area contributed by atoms with Crippen molar-refractivity contribution in [2.75, 3.05) is 18.9 Å². The molecule has 1 aromatic rings. The summed E-state index contributed by atoms with van der Waals surface area (Å²) in [5, 5.41) is 2.69. The van der Waals surface area contributed by atoms with Crippen LogP contribution in [0.4, 0.5) is 5.69 Å². The van der Waals surface area contributed by atoms with Gasteiger partial charge in [-0.15, -0.1) is 12.4 Å². The molecule has 0 bridgehead atoms. The maximum atomic E-state index is 12.7. The molecule has 22 heavy (non-hydrogen) atoms. The topological polar surface area (TPSA) is 75.4 Å². The second-order valence-electron chi connectivity index (χ2n) is 5.51. The Bertz CT molecular complexity index is 516. The highest BCUT2D eigenvalue weighted by molar-refractivity contribution is 6.04. The van der Waals surface area contributed by atoms with Gasteiger partial charge in [0.05, 0.1) is 17.8 Å². The van der Waals surface area contributed by atoms with Crippen LogP contribution in [0.5, 0.6) is 0 Å². The zero-order chi connectivity index (χ0) is 15.2. The van der Waals surface area contributed by atoms with Crippen molar-refractivity contribution < 1.29 is 9.59 Å². The second kappa shape index (κ2) is 8.76. The minimum Gasteiger partial charge on any atom is -0.339 e. The number of nitrogens with two attached hydrogens (primary N) is 1. The average Bonchev–Trinajstić information content (AvgIpc) is 2.54. The van der Waals surface area contributed by atoms with Crippen LogP contribution in [0.15, 0.2) is 24.3 Å². The normalized spacial score (nSPS) is 14.8. The fourth-order valence-electron chi connectivity index (χ4n) is 2.80. The van der Waals surface area contributed by atoms with Crippen LogP contribution in [-0.2, 0) is 4.79 Å². The first kappa shape index (κ1) is 18.5. The third kappa shape index (κ3) is 4.45. The van der Waals surface area contributed by atoms with Crippen LogP contribution >= 0.6 is 12.4 Å². The molecule has 122 valence electrons. The maximum Gasteiger partial charge on any atom is 0.255 e. The molecule has 0 aromatic heterocycles. The van der Waals surface area contributed by atoms with Crippen LogP contribution in [-0.4, -0.2) is 36.3 Å². The molecule has 1 saturated carbocycles. The molecular weight excluding hydrogens is 302 g/mol. The monoisotopic (exact) mass is 325 g/mol. The average molecular weight is 326 g/mol. The molecule has 1 aliphatic carbocycles. The smallest absolute Gasteiger partial charge is 0.255 e. The van der Waals surface area contributed by atoms with Crippen LogP contribution in [0.1, 0.15) is 42.5 Å². The Morgan fingerprint density at radius 1 is 1.23 bits per heavy atom. The molecule has 1 fully saturated rings. The first-order valence-corrected chi connectivity index (χ1v) is 7.49. The minimum atomic E-state index is -0.296. The molecule has 1 aromatic carbocycles. The zero-order valence-corrected chi connectivity index (χ0v) is 13.7. The predicted molar refractivity (Wildman–Crippen MR) is 90.3 cm³/mol. The summed E-state index contributed by atoms with van der Waals surface area (Å²) in [6, 6.07) is 7.37. The van der Waals surface area contributed by atoms with Crippen LogP contribution < -0.4 is 11.1 Å². The summed E-state index contributed by atoms with van der Waals surface area (Å²) in [7, 11) is 1.85. The van der Waals surface area contributed by atoms with Crippen LogP contribution in [0, 0.1) is 0 Å². The van der Waals surface area contributed by atoms with Crippen molar-refractivity contribution in [1.29, 1.82) is 0 Å². The number of nitrogens with one attached hydrogen (secondary N) is 1. The van der Waals surface area contributed by atoms with E-state index < -0.39 is 0 Å². The minimum absolute atomic E-state index is 0. The summed E-state index contributed by atoms with van der Waals surface area (Å²) in [6.45, 7) is -0.0962. The van der Waals surface area contributed by atoms with Crippen molar-refractivity contribution in [2.45, 2.75) is 38.1 Å². The lowest BCUT2D eigenvalue weighted by molar-refractivity contribution is -0.114. The Labute approximate surface area is 137 Å². The summed E-state index contributed by atoms with van der Waals surface area (Å²) in [5.41, 5.74) is 6.36. The molecule has 0 unspecified atom stereocenters. The molecule has 0 saturated heterocycles. The van der Waals surface area contributed by atoms with E-state index >= 15 is 0 Å². The van der Waals surface area contributed by atoms with Gasteiger partial charge in [0.25, 0.3) is 5.91 Å². The standard InChI is InChI=1S/C16H23N3O2.ClH/c1-19(12-7-3-2-4-8-12)16(21)13-9-5-6-10-14(13)18-15(20)11-17;/h5-6,9-10,12H,2-4,7-8,11,17H2,1H3,(H,18,20);1H. The number of benzene rings is 1. The highest BCUT2D eigenvalue weighted by Crippen LogP contribution is 2.24. The third-order valence-corrected chi connectivity index (χ3v) is 4.06. The summed E-state index contributed by atoms with van der Waals surface area (Å²) in [4.78, 5) is 26.0. The fraction of sp³-hybridized carbons (Fsp3) is 0.500. The number of halogens is 1. The number of anilines is 1. The predicted octanol–water partition coefficient (Wildman–Crippen LogP) is 2.41. The molecule has 1 aliphatic rings. The number of hydrogen-bond donors (Lipinski definition) is 2. The van der Waals surface area contributed by atoms with E-state index in [9.17, 15) is 9.59 Å². The maximum absolute atomic E-state index is 12.7. The van der Waals surface area contributed by atoms with Gasteiger partial charge >= 0.3 is 0 Å². The lowest BCUT2D eigenvalue weighted by atomic mass is 9.94. The Kier molecular flexibility index (Phi) is 7.35. The highest BCUT2D eigenvalue weighted by Gasteiger charge is 2.24. The van der Waals surface area contributed by atoms with Gasteiger partial charge in [0, 0.05) is 13.1 Å². The van der Waals surface area contributed by atoms with Crippen molar-refractivity contribution in [2.24, 2.45) is 5.73 Å². The van der Waals surface area contributed by atoms with E-state index in [1.54, 1.807) is 24.3 Å². The van der Waals surface area contributed by atoms with E-state index in [0.717, 1.165) is 12.8 Å². The Morgan fingerprint density at radius 3 is 2.50 bits per heavy atom. The van der Waals surface area contributed by atoms with Crippen molar-refractivity contribution >= 4 is 29.9 Å². The van der Waals surface area contributed by atoms with E-state index in [4.69, 9.17) is 5.73 Å². The van der Waals surface area contributed by atoms with E-state index in [1.165, 1.54) is 19.3 Å². The number of carbonyl (C=O) groups excluding carboxylic acids is 2. The molecular formula is C16H24ClN3O2. The number of carbonyl (C=O) groups is 2. The molecule has 3 N–H and O–H groups in total. The lowest BCUT2D eigenvalue weighted by Crippen LogP contribution is -2.38. The van der Waals surface area contributed by atoms with Crippen molar-refractivity contribution in [3.05, 3.63) is 29.8 Å². The van der Waals surface area contributed by atoms with E-state index in [2.05, 4.69) is 5.32 Å².